The second kappa shape index (κ2) is 9.17. The number of aryl methyl sites for hydroxylation is 1. The third-order valence-corrected chi connectivity index (χ3v) is 8.48. The summed E-state index contributed by atoms with van der Waals surface area (Å²) >= 11 is 1.90. The number of benzene rings is 2. The maximum Gasteiger partial charge on any atom is 0.254 e. The first-order valence-electron chi connectivity index (χ1n) is 12.4. The molecule has 1 amide bonds. The number of nitrogens with one attached hydrogen (secondary N) is 2. The Labute approximate surface area is 205 Å². The number of thiophene rings is 1. The van der Waals surface area contributed by atoms with E-state index in [-0.39, 0.29) is 5.91 Å². The molecule has 5 nitrogen and oxygen atoms in total. The summed E-state index contributed by atoms with van der Waals surface area (Å²) in [5, 5.41) is 6.80. The highest BCUT2D eigenvalue weighted by Crippen LogP contribution is 2.34. The third kappa shape index (κ3) is 4.38. The van der Waals surface area contributed by atoms with Gasteiger partial charge in [0.25, 0.3) is 5.91 Å². The van der Waals surface area contributed by atoms with Gasteiger partial charge in [0.1, 0.15) is 0 Å². The van der Waals surface area contributed by atoms with Gasteiger partial charge in [-0.3, -0.25) is 9.69 Å². The van der Waals surface area contributed by atoms with Gasteiger partial charge in [-0.2, -0.15) is 0 Å². The predicted molar refractivity (Wildman–Crippen MR) is 139 cm³/mol. The lowest BCUT2D eigenvalue weighted by molar-refractivity contribution is 0.0750. The molecule has 6 heteroatoms. The number of rotatable bonds is 6. The van der Waals surface area contributed by atoms with Crippen molar-refractivity contribution >= 4 is 22.9 Å². The van der Waals surface area contributed by atoms with Gasteiger partial charge in [-0.15, -0.1) is 11.3 Å². The molecule has 6 rings (SSSR count). The standard InChI is InChI=1S/C28H32N4OS/c1-19-4-7-23(30-24-14-29-15-24)13-26(19)28(33)32-16-21-6-5-20(12-22(21)17-32)27-9-8-25(34-27)18-31-10-2-3-11-31/h4-9,12-13,24,29-30H,2-3,10-11,14-18H2,1H3. The van der Waals surface area contributed by atoms with Gasteiger partial charge in [-0.25, -0.2) is 0 Å². The second-order valence-electron chi connectivity index (χ2n) is 9.92. The van der Waals surface area contributed by atoms with E-state index in [9.17, 15) is 4.79 Å². The number of amides is 1. The van der Waals surface area contributed by atoms with Crippen LogP contribution in [0.5, 0.6) is 0 Å². The summed E-state index contributed by atoms with van der Waals surface area (Å²) in [6, 6.07) is 17.9. The lowest BCUT2D eigenvalue weighted by Crippen LogP contribution is -2.51. The Morgan fingerprint density at radius 2 is 1.85 bits per heavy atom. The van der Waals surface area contributed by atoms with Crippen molar-refractivity contribution in [1.29, 1.82) is 0 Å². The number of hydrogen-bond acceptors (Lipinski definition) is 5. The third-order valence-electron chi connectivity index (χ3n) is 7.36. The van der Waals surface area contributed by atoms with Crippen molar-refractivity contribution in [2.75, 3.05) is 31.5 Å². The van der Waals surface area contributed by atoms with E-state index in [4.69, 9.17) is 0 Å². The molecule has 0 saturated carbocycles. The van der Waals surface area contributed by atoms with Gasteiger partial charge in [0.15, 0.2) is 0 Å². The zero-order valence-corrected chi connectivity index (χ0v) is 20.6. The van der Waals surface area contributed by atoms with Crippen molar-refractivity contribution < 1.29 is 4.79 Å². The fourth-order valence-corrected chi connectivity index (χ4v) is 6.26. The largest absolute Gasteiger partial charge is 0.380 e. The fourth-order valence-electron chi connectivity index (χ4n) is 5.21. The molecule has 2 saturated heterocycles. The summed E-state index contributed by atoms with van der Waals surface area (Å²) in [6.07, 6.45) is 2.66. The van der Waals surface area contributed by atoms with Gasteiger partial charge >= 0.3 is 0 Å². The molecule has 2 N–H and O–H groups in total. The Morgan fingerprint density at radius 3 is 2.65 bits per heavy atom. The molecule has 2 aromatic carbocycles. The second-order valence-corrected chi connectivity index (χ2v) is 11.1. The number of likely N-dealkylation sites (tertiary alicyclic amines) is 1. The van der Waals surface area contributed by atoms with Gasteiger partial charge in [-0.1, -0.05) is 18.2 Å². The molecular weight excluding hydrogens is 440 g/mol. The van der Waals surface area contributed by atoms with Crippen LogP contribution in [0.25, 0.3) is 10.4 Å². The van der Waals surface area contributed by atoms with Crippen LogP contribution in [0.4, 0.5) is 5.69 Å². The molecule has 176 valence electrons. The highest BCUT2D eigenvalue weighted by atomic mass is 32.1. The minimum absolute atomic E-state index is 0.120. The van der Waals surface area contributed by atoms with E-state index in [0.29, 0.717) is 19.1 Å². The normalized spacial score (nSPS) is 18.2. The van der Waals surface area contributed by atoms with Gasteiger partial charge in [0.2, 0.25) is 0 Å². The lowest BCUT2D eigenvalue weighted by atomic mass is 10.1. The fraction of sp³-hybridized carbons (Fsp3) is 0.393. The first kappa shape index (κ1) is 21.8. The molecule has 0 bridgehead atoms. The van der Waals surface area contributed by atoms with Crippen molar-refractivity contribution in [1.82, 2.24) is 15.1 Å². The minimum atomic E-state index is 0.120. The molecular formula is C28H32N4OS. The molecule has 2 fully saturated rings. The molecule has 1 aromatic heterocycles. The van der Waals surface area contributed by atoms with Crippen LogP contribution in [0.15, 0.2) is 48.5 Å². The van der Waals surface area contributed by atoms with Crippen LogP contribution < -0.4 is 10.6 Å². The highest BCUT2D eigenvalue weighted by molar-refractivity contribution is 7.15. The summed E-state index contributed by atoms with van der Waals surface area (Å²) in [5.41, 5.74) is 6.66. The Hall–Kier alpha value is -2.67. The van der Waals surface area contributed by atoms with E-state index in [1.54, 1.807) is 0 Å². The topological polar surface area (TPSA) is 47.6 Å². The molecule has 0 aliphatic carbocycles. The van der Waals surface area contributed by atoms with Crippen LogP contribution in [0.3, 0.4) is 0 Å². The highest BCUT2D eigenvalue weighted by Gasteiger charge is 2.26. The van der Waals surface area contributed by atoms with Crippen molar-refractivity contribution in [3.63, 3.8) is 0 Å². The first-order valence-corrected chi connectivity index (χ1v) is 13.2. The van der Waals surface area contributed by atoms with Crippen LogP contribution in [0.2, 0.25) is 0 Å². The van der Waals surface area contributed by atoms with E-state index < -0.39 is 0 Å². The van der Waals surface area contributed by atoms with E-state index in [1.165, 1.54) is 52.4 Å². The number of fused-ring (bicyclic) bond motifs is 1. The lowest BCUT2D eigenvalue weighted by Gasteiger charge is -2.29. The quantitative estimate of drug-likeness (QED) is 0.538. The smallest absolute Gasteiger partial charge is 0.254 e. The van der Waals surface area contributed by atoms with E-state index >= 15 is 0 Å². The van der Waals surface area contributed by atoms with Crippen molar-refractivity contribution in [2.24, 2.45) is 0 Å². The molecule has 4 heterocycles. The predicted octanol–water partition coefficient (Wildman–Crippen LogP) is 4.86. The van der Waals surface area contributed by atoms with Crippen LogP contribution in [-0.2, 0) is 19.6 Å². The zero-order valence-electron chi connectivity index (χ0n) is 19.8. The summed E-state index contributed by atoms with van der Waals surface area (Å²) in [6.45, 7) is 8.87. The number of nitrogens with zero attached hydrogens (tertiary/aromatic N) is 2. The maximum absolute atomic E-state index is 13.5. The summed E-state index contributed by atoms with van der Waals surface area (Å²) < 4.78 is 0. The van der Waals surface area contributed by atoms with Gasteiger partial charge < -0.3 is 15.5 Å². The molecule has 0 unspecified atom stereocenters. The molecule has 0 radical (unpaired) electrons. The summed E-state index contributed by atoms with van der Waals surface area (Å²) in [7, 11) is 0. The number of carbonyl (C=O) groups is 1. The zero-order chi connectivity index (χ0) is 23.1. The summed E-state index contributed by atoms with van der Waals surface area (Å²) in [4.78, 5) is 20.8. The van der Waals surface area contributed by atoms with Crippen LogP contribution in [-0.4, -0.2) is 47.9 Å². The Balaban J connectivity index is 1.16. The van der Waals surface area contributed by atoms with E-state index in [0.717, 1.165) is 36.4 Å². The Bertz CT molecular complexity index is 1210. The van der Waals surface area contributed by atoms with Gasteiger partial charge in [0, 0.05) is 53.7 Å². The van der Waals surface area contributed by atoms with E-state index in [1.807, 2.05) is 29.2 Å². The summed E-state index contributed by atoms with van der Waals surface area (Å²) in [5.74, 6) is 0.120. The maximum atomic E-state index is 13.5. The number of anilines is 1. The average molecular weight is 473 g/mol. The average Bonchev–Trinajstić information content (AvgIpc) is 3.57. The van der Waals surface area contributed by atoms with Crippen molar-refractivity contribution in [2.45, 2.75) is 45.4 Å². The van der Waals surface area contributed by atoms with Crippen molar-refractivity contribution in [3.8, 4) is 10.4 Å². The SMILES string of the molecule is Cc1ccc(NC2CNC2)cc1C(=O)N1Cc2ccc(-c3ccc(CN4CCCC4)s3)cc2C1. The molecule has 3 aromatic rings. The van der Waals surface area contributed by atoms with Gasteiger partial charge in [-0.05, 0) is 85.4 Å². The number of hydrogen-bond donors (Lipinski definition) is 2. The Morgan fingerprint density at radius 1 is 1.03 bits per heavy atom. The minimum Gasteiger partial charge on any atom is -0.380 e. The van der Waals surface area contributed by atoms with E-state index in [2.05, 4.69) is 58.0 Å². The van der Waals surface area contributed by atoms with Crippen LogP contribution >= 0.6 is 11.3 Å². The van der Waals surface area contributed by atoms with Crippen molar-refractivity contribution in [3.05, 3.63) is 75.7 Å². The first-order chi connectivity index (χ1) is 16.6. The molecule has 3 aliphatic heterocycles. The molecule has 34 heavy (non-hydrogen) atoms. The van der Waals surface area contributed by atoms with Gasteiger partial charge in [0.05, 0.1) is 6.04 Å². The Kier molecular flexibility index (Phi) is 5.89. The van der Waals surface area contributed by atoms with Crippen LogP contribution in [0.1, 0.15) is 44.8 Å². The number of carbonyl (C=O) groups excluding carboxylic acids is 1. The van der Waals surface area contributed by atoms with Crippen LogP contribution in [0, 0.1) is 6.92 Å². The molecule has 0 atom stereocenters. The monoisotopic (exact) mass is 472 g/mol. The molecule has 0 spiro atoms. The molecule has 3 aliphatic rings.